The van der Waals surface area contributed by atoms with Gasteiger partial charge in [-0.15, -0.1) is 0 Å². The summed E-state index contributed by atoms with van der Waals surface area (Å²) in [5.41, 5.74) is 0.157. The summed E-state index contributed by atoms with van der Waals surface area (Å²) in [6.07, 6.45) is 2.20. The Labute approximate surface area is 123 Å². The van der Waals surface area contributed by atoms with E-state index in [2.05, 4.69) is 4.72 Å². The van der Waals surface area contributed by atoms with Gasteiger partial charge >= 0.3 is 5.97 Å². The second-order valence-electron chi connectivity index (χ2n) is 5.31. The predicted molar refractivity (Wildman–Crippen MR) is 76.7 cm³/mol. The van der Waals surface area contributed by atoms with E-state index in [0.717, 1.165) is 12.8 Å². The van der Waals surface area contributed by atoms with Gasteiger partial charge in [0.05, 0.1) is 16.6 Å². The van der Waals surface area contributed by atoms with E-state index in [4.69, 9.17) is 5.11 Å². The van der Waals surface area contributed by atoms with Crippen molar-refractivity contribution in [2.24, 2.45) is 0 Å². The molecule has 116 valence electrons. The second kappa shape index (κ2) is 6.13. The number of benzene rings is 1. The van der Waals surface area contributed by atoms with E-state index in [-0.39, 0.29) is 16.0 Å². The van der Waals surface area contributed by atoms with Crippen LogP contribution >= 0.6 is 0 Å². The van der Waals surface area contributed by atoms with E-state index in [0.29, 0.717) is 12.8 Å². The third-order valence-electron chi connectivity index (χ3n) is 3.84. The van der Waals surface area contributed by atoms with Crippen molar-refractivity contribution >= 4 is 16.0 Å². The van der Waals surface area contributed by atoms with Crippen LogP contribution in [0.4, 0.5) is 0 Å². The Morgan fingerprint density at radius 2 is 1.95 bits per heavy atom. The number of nitrogens with one attached hydrogen (secondary N) is 1. The van der Waals surface area contributed by atoms with E-state index < -0.39 is 28.1 Å². The lowest BCUT2D eigenvalue weighted by molar-refractivity contribution is 0.0695. The topological polar surface area (TPSA) is 104 Å². The first-order chi connectivity index (χ1) is 9.83. The van der Waals surface area contributed by atoms with Gasteiger partial charge in [0.1, 0.15) is 0 Å². The molecule has 2 rings (SSSR count). The average Bonchev–Trinajstić information content (AvgIpc) is 2.41. The Hall–Kier alpha value is -1.44. The number of sulfonamides is 1. The summed E-state index contributed by atoms with van der Waals surface area (Å²) < 4.78 is 27.4. The predicted octanol–water partition coefficient (Wildman–Crippen LogP) is 1.28. The van der Waals surface area contributed by atoms with Crippen molar-refractivity contribution in [1.29, 1.82) is 0 Å². The molecule has 2 atom stereocenters. The minimum atomic E-state index is -3.85. The van der Waals surface area contributed by atoms with Gasteiger partial charge in [0.15, 0.2) is 0 Å². The smallest absolute Gasteiger partial charge is 0.335 e. The zero-order valence-electron chi connectivity index (χ0n) is 11.7. The largest absolute Gasteiger partial charge is 0.478 e. The number of hydrogen-bond acceptors (Lipinski definition) is 4. The standard InChI is InChI=1S/C14H19NO5S/c1-9-10(14(17)18)5-4-8-13(9)21(19,20)15-11-6-2-3-7-12(11)16/h4-5,8,11-12,15-16H,2-3,6-7H2,1H3,(H,17,18)/t11-,12-/m1/s1. The molecule has 0 aromatic heterocycles. The summed E-state index contributed by atoms with van der Waals surface area (Å²) in [7, 11) is -3.85. The SMILES string of the molecule is Cc1c(C(=O)O)cccc1S(=O)(=O)N[C@@H]1CCCC[C@H]1O. The minimum Gasteiger partial charge on any atom is -0.478 e. The molecule has 7 heteroatoms. The lowest BCUT2D eigenvalue weighted by atomic mass is 9.93. The van der Waals surface area contributed by atoms with Crippen LogP contribution in [0.5, 0.6) is 0 Å². The highest BCUT2D eigenvalue weighted by molar-refractivity contribution is 7.89. The van der Waals surface area contributed by atoms with Crippen LogP contribution in [-0.4, -0.2) is 36.7 Å². The van der Waals surface area contributed by atoms with E-state index in [1.807, 2.05) is 0 Å². The molecule has 21 heavy (non-hydrogen) atoms. The summed E-state index contributed by atoms with van der Waals surface area (Å²) in [6.45, 7) is 1.47. The number of aromatic carboxylic acids is 1. The molecule has 1 aromatic rings. The molecule has 3 N–H and O–H groups in total. The summed E-state index contributed by atoms with van der Waals surface area (Å²) >= 11 is 0. The van der Waals surface area contributed by atoms with E-state index in [1.165, 1.54) is 25.1 Å². The van der Waals surface area contributed by atoms with Crippen molar-refractivity contribution in [2.45, 2.75) is 49.6 Å². The van der Waals surface area contributed by atoms with Crippen molar-refractivity contribution in [1.82, 2.24) is 4.72 Å². The highest BCUT2D eigenvalue weighted by Gasteiger charge is 2.29. The number of aliphatic hydroxyl groups excluding tert-OH is 1. The Morgan fingerprint density at radius 3 is 2.57 bits per heavy atom. The maximum Gasteiger partial charge on any atom is 0.335 e. The molecule has 0 heterocycles. The highest BCUT2D eigenvalue weighted by Crippen LogP contribution is 2.23. The van der Waals surface area contributed by atoms with Crippen molar-refractivity contribution in [3.63, 3.8) is 0 Å². The number of rotatable bonds is 4. The monoisotopic (exact) mass is 313 g/mol. The zero-order chi connectivity index (χ0) is 15.6. The minimum absolute atomic E-state index is 0.0398. The molecule has 0 aliphatic heterocycles. The van der Waals surface area contributed by atoms with Crippen LogP contribution in [0.2, 0.25) is 0 Å². The van der Waals surface area contributed by atoms with Gasteiger partial charge in [-0.05, 0) is 37.5 Å². The molecule has 0 spiro atoms. The van der Waals surface area contributed by atoms with Crippen LogP contribution in [0.3, 0.4) is 0 Å². The van der Waals surface area contributed by atoms with Gasteiger partial charge in [0.25, 0.3) is 0 Å². The van der Waals surface area contributed by atoms with Gasteiger partial charge < -0.3 is 10.2 Å². The van der Waals surface area contributed by atoms with Gasteiger partial charge in [-0.25, -0.2) is 17.9 Å². The van der Waals surface area contributed by atoms with Crippen LogP contribution in [0, 0.1) is 6.92 Å². The molecule has 1 fully saturated rings. The summed E-state index contributed by atoms with van der Waals surface area (Å²) in [4.78, 5) is 11.0. The lowest BCUT2D eigenvalue weighted by Crippen LogP contribution is -2.45. The summed E-state index contributed by atoms with van der Waals surface area (Å²) in [5.74, 6) is -1.16. The van der Waals surface area contributed by atoms with Gasteiger partial charge in [-0.1, -0.05) is 18.9 Å². The molecule has 0 bridgehead atoms. The highest BCUT2D eigenvalue weighted by atomic mass is 32.2. The molecule has 0 amide bonds. The molecular weight excluding hydrogens is 294 g/mol. The fraction of sp³-hybridized carbons (Fsp3) is 0.500. The quantitative estimate of drug-likeness (QED) is 0.776. The first-order valence-electron chi connectivity index (χ1n) is 6.86. The molecule has 6 nitrogen and oxygen atoms in total. The van der Waals surface area contributed by atoms with Gasteiger partial charge in [0, 0.05) is 6.04 Å². The van der Waals surface area contributed by atoms with Crippen molar-refractivity contribution in [2.75, 3.05) is 0 Å². The molecule has 1 saturated carbocycles. The Bertz CT molecular complexity index is 641. The van der Waals surface area contributed by atoms with Crippen LogP contribution in [-0.2, 0) is 10.0 Å². The molecule has 0 unspecified atom stereocenters. The molecular formula is C14H19NO5S. The van der Waals surface area contributed by atoms with E-state index in [9.17, 15) is 18.3 Å². The van der Waals surface area contributed by atoms with Crippen molar-refractivity contribution in [3.8, 4) is 0 Å². The first kappa shape index (κ1) is 15.9. The summed E-state index contributed by atoms with van der Waals surface area (Å²) in [5, 5.41) is 18.9. The van der Waals surface area contributed by atoms with Crippen LogP contribution < -0.4 is 4.72 Å². The Kier molecular flexibility index (Phi) is 4.65. The van der Waals surface area contributed by atoms with Crippen LogP contribution in [0.15, 0.2) is 23.1 Å². The fourth-order valence-electron chi connectivity index (χ4n) is 2.65. The van der Waals surface area contributed by atoms with Crippen LogP contribution in [0.1, 0.15) is 41.6 Å². The first-order valence-corrected chi connectivity index (χ1v) is 8.34. The third-order valence-corrected chi connectivity index (χ3v) is 5.47. The number of carboxylic acids is 1. The van der Waals surface area contributed by atoms with Gasteiger partial charge in [0.2, 0.25) is 10.0 Å². The van der Waals surface area contributed by atoms with Gasteiger partial charge in [-0.3, -0.25) is 0 Å². The Balaban J connectivity index is 2.31. The molecule has 0 radical (unpaired) electrons. The number of carboxylic acid groups (broad SMARTS) is 1. The summed E-state index contributed by atoms with van der Waals surface area (Å²) in [6, 6.07) is 3.63. The van der Waals surface area contributed by atoms with Gasteiger partial charge in [-0.2, -0.15) is 0 Å². The molecule has 1 aliphatic rings. The van der Waals surface area contributed by atoms with E-state index >= 15 is 0 Å². The third kappa shape index (κ3) is 3.42. The normalized spacial score (nSPS) is 23.0. The molecule has 1 aromatic carbocycles. The number of hydrogen-bond donors (Lipinski definition) is 3. The Morgan fingerprint density at radius 1 is 1.29 bits per heavy atom. The average molecular weight is 313 g/mol. The second-order valence-corrected chi connectivity index (χ2v) is 7.00. The molecule has 1 aliphatic carbocycles. The fourth-order valence-corrected chi connectivity index (χ4v) is 4.22. The molecule has 0 saturated heterocycles. The van der Waals surface area contributed by atoms with E-state index in [1.54, 1.807) is 0 Å². The number of aliphatic hydroxyl groups is 1. The zero-order valence-corrected chi connectivity index (χ0v) is 12.6. The van der Waals surface area contributed by atoms with Crippen molar-refractivity contribution in [3.05, 3.63) is 29.3 Å². The lowest BCUT2D eigenvalue weighted by Gasteiger charge is -2.28. The van der Waals surface area contributed by atoms with Crippen LogP contribution in [0.25, 0.3) is 0 Å². The number of carbonyl (C=O) groups is 1. The maximum absolute atomic E-state index is 12.4. The maximum atomic E-state index is 12.4. The van der Waals surface area contributed by atoms with Crippen molar-refractivity contribution < 1.29 is 23.4 Å².